The van der Waals surface area contributed by atoms with Crippen LogP contribution in [0.4, 0.5) is 0 Å². The molecule has 12 atom stereocenters. The molecule has 10 heteroatoms. The summed E-state index contributed by atoms with van der Waals surface area (Å²) in [6.07, 6.45) is 1.86. The van der Waals surface area contributed by atoms with Crippen molar-refractivity contribution in [1.82, 2.24) is 0 Å². The third-order valence-electron chi connectivity index (χ3n) is 8.88. The number of rotatable bonds is 8. The molecule has 208 valence electrons. The Labute approximate surface area is 241 Å². The van der Waals surface area contributed by atoms with Crippen LogP contribution in [0, 0.1) is 0 Å². The third-order valence-corrected chi connectivity index (χ3v) is 9.69. The Morgan fingerprint density at radius 1 is 1.05 bits per heavy atom. The molecule has 0 aliphatic carbocycles. The first-order valence-corrected chi connectivity index (χ1v) is 15.2. The summed E-state index contributed by atoms with van der Waals surface area (Å²) in [5.74, 6) is -1.47. The van der Waals surface area contributed by atoms with Crippen LogP contribution in [-0.2, 0) is 33.2 Å². The lowest BCUT2D eigenvalue weighted by molar-refractivity contribution is -0.328. The number of alkyl halides is 1. The summed E-state index contributed by atoms with van der Waals surface area (Å²) >= 11 is 8.95. The summed E-state index contributed by atoms with van der Waals surface area (Å²) in [5.41, 5.74) is 0.873. The molecule has 7 saturated heterocycles. The van der Waals surface area contributed by atoms with Crippen molar-refractivity contribution in [2.24, 2.45) is 0 Å². The first kappa shape index (κ1) is 26.4. The summed E-state index contributed by atoms with van der Waals surface area (Å²) in [4.78, 5) is 0. The number of allylic oxidation sites excluding steroid dienone is 1. The molecule has 0 saturated carbocycles. The number of fused-ring (bicyclic) bond motifs is 1. The van der Waals surface area contributed by atoms with Crippen LogP contribution >= 0.6 is 34.2 Å². The molecular weight excluding hydrogens is 627 g/mol. The van der Waals surface area contributed by atoms with Gasteiger partial charge in [-0.15, -0.1) is 11.6 Å². The van der Waals surface area contributed by atoms with Crippen LogP contribution in [0.3, 0.4) is 0 Å². The minimum atomic E-state index is -1.14. The molecule has 8 rings (SSSR count). The van der Waals surface area contributed by atoms with E-state index in [1.54, 1.807) is 7.11 Å². The molecule has 6 bridgehead atoms. The number of methoxy groups -OCH3 is 1. The van der Waals surface area contributed by atoms with Crippen molar-refractivity contribution in [3.8, 4) is 5.75 Å². The van der Waals surface area contributed by atoms with E-state index < -0.39 is 30.1 Å². The van der Waals surface area contributed by atoms with Crippen molar-refractivity contribution in [2.45, 2.75) is 118 Å². The first-order chi connectivity index (χ1) is 18.4. The summed E-state index contributed by atoms with van der Waals surface area (Å²) in [6.45, 7) is 6.17. The summed E-state index contributed by atoms with van der Waals surface area (Å²) < 4.78 is 53.5. The van der Waals surface area contributed by atoms with Gasteiger partial charge < -0.3 is 37.9 Å². The summed E-state index contributed by atoms with van der Waals surface area (Å²) in [5, 5.41) is -0.103. The Morgan fingerprint density at radius 3 is 2.58 bits per heavy atom. The highest BCUT2D eigenvalue weighted by Crippen LogP contribution is 2.64. The van der Waals surface area contributed by atoms with Gasteiger partial charge in [0.25, 0.3) is 0 Å². The fourth-order valence-electron chi connectivity index (χ4n) is 7.09. The Bertz CT molecular complexity index is 1070. The van der Waals surface area contributed by atoms with Crippen LogP contribution in [0.25, 0.3) is 0 Å². The van der Waals surface area contributed by atoms with Crippen LogP contribution in [0.2, 0.25) is 0 Å². The number of hydrogen-bond donors (Lipinski definition) is 0. The van der Waals surface area contributed by atoms with Gasteiger partial charge in [0.2, 0.25) is 11.6 Å². The minimum Gasteiger partial charge on any atom is -0.497 e. The topological polar surface area (TPSA) is 73.8 Å². The highest BCUT2D eigenvalue weighted by Gasteiger charge is 2.83. The number of ether oxygens (including phenoxy) is 8. The lowest BCUT2D eigenvalue weighted by Gasteiger charge is -2.47. The fraction of sp³-hybridized carbons (Fsp3) is 0.714. The molecular formula is C28H34ClIO8. The van der Waals surface area contributed by atoms with E-state index in [9.17, 15) is 0 Å². The van der Waals surface area contributed by atoms with E-state index in [-0.39, 0.29) is 42.0 Å². The van der Waals surface area contributed by atoms with Crippen molar-refractivity contribution < 1.29 is 37.9 Å². The predicted octanol–water partition coefficient (Wildman–Crippen LogP) is 5.15. The molecule has 7 aliphatic rings. The molecule has 0 radical (unpaired) electrons. The highest BCUT2D eigenvalue weighted by atomic mass is 127. The Hall–Kier alpha value is -0.500. The zero-order chi connectivity index (χ0) is 26.2. The van der Waals surface area contributed by atoms with Crippen molar-refractivity contribution in [3.63, 3.8) is 0 Å². The Morgan fingerprint density at radius 2 is 1.84 bits per heavy atom. The normalized spacial score (nSPS) is 46.9. The molecule has 1 aromatic rings. The SMILES string of the molecule is C=C(I)C[C@H](Cl)CC[C@]12O[C@@H]3C4OC5(O[C@@H](c6ccc(OC)cc6)O[C@H]51)[C@@H](O2)C4O[C@H]1CC[C@H](CC)O[C@@H]13. The van der Waals surface area contributed by atoms with Crippen LogP contribution in [0.15, 0.2) is 34.4 Å². The molecule has 0 aromatic heterocycles. The van der Waals surface area contributed by atoms with E-state index in [4.69, 9.17) is 49.5 Å². The smallest absolute Gasteiger partial charge is 0.233 e. The average Bonchev–Trinajstić information content (AvgIpc) is 3.46. The molecule has 8 nitrogen and oxygen atoms in total. The van der Waals surface area contributed by atoms with Crippen LogP contribution in [0.5, 0.6) is 5.75 Å². The standard InChI is InChI=1S/C28H34ClIO8/c1-4-17-9-10-19-20(32-17)21-22-23(33-19)24-28(36-22)26(27(35-21,37-24)12-11-16(29)13-14(2)30)34-25(38-28)15-5-7-18(31-3)8-6-15/h5-8,16-17,19-26H,2,4,9-13H2,1,3H3/t16-,17+,19+,20+,21+,22?,23?,24+,25+,26+,27-,28?/m1/s1. The summed E-state index contributed by atoms with van der Waals surface area (Å²) in [7, 11) is 1.65. The van der Waals surface area contributed by atoms with Crippen molar-refractivity contribution in [2.75, 3.05) is 7.11 Å². The average molecular weight is 661 g/mol. The molecule has 0 N–H and O–H groups in total. The van der Waals surface area contributed by atoms with E-state index in [0.29, 0.717) is 19.3 Å². The third kappa shape index (κ3) is 4.02. The van der Waals surface area contributed by atoms with E-state index in [1.807, 2.05) is 24.3 Å². The van der Waals surface area contributed by atoms with Crippen molar-refractivity contribution in [1.29, 1.82) is 0 Å². The molecule has 3 unspecified atom stereocenters. The van der Waals surface area contributed by atoms with Gasteiger partial charge in [-0.25, -0.2) is 0 Å². The van der Waals surface area contributed by atoms with E-state index in [2.05, 4.69) is 36.1 Å². The lowest BCUT2D eigenvalue weighted by atomic mass is 9.86. The van der Waals surface area contributed by atoms with Gasteiger partial charge in [0.05, 0.1) is 19.3 Å². The molecule has 7 fully saturated rings. The van der Waals surface area contributed by atoms with Gasteiger partial charge in [-0.2, -0.15) is 0 Å². The molecule has 7 aliphatic heterocycles. The van der Waals surface area contributed by atoms with E-state index in [0.717, 1.165) is 34.2 Å². The largest absolute Gasteiger partial charge is 0.497 e. The maximum absolute atomic E-state index is 7.00. The van der Waals surface area contributed by atoms with Crippen molar-refractivity contribution >= 4 is 34.2 Å². The maximum atomic E-state index is 7.00. The van der Waals surface area contributed by atoms with E-state index in [1.165, 1.54) is 0 Å². The molecule has 38 heavy (non-hydrogen) atoms. The van der Waals surface area contributed by atoms with Gasteiger partial charge in [-0.05, 0) is 70.4 Å². The first-order valence-electron chi connectivity index (χ1n) is 13.6. The number of hydrogen-bond acceptors (Lipinski definition) is 8. The monoisotopic (exact) mass is 660 g/mol. The molecule has 1 aromatic carbocycles. The van der Waals surface area contributed by atoms with Gasteiger partial charge >= 0.3 is 0 Å². The van der Waals surface area contributed by atoms with Gasteiger partial charge in [0.1, 0.15) is 36.3 Å². The maximum Gasteiger partial charge on any atom is 0.233 e. The van der Waals surface area contributed by atoms with Crippen molar-refractivity contribution in [3.05, 3.63) is 40.0 Å². The zero-order valence-electron chi connectivity index (χ0n) is 21.6. The lowest BCUT2D eigenvalue weighted by Crippen LogP contribution is -2.62. The summed E-state index contributed by atoms with van der Waals surface area (Å²) in [6, 6.07) is 7.68. The second-order valence-corrected chi connectivity index (χ2v) is 13.3. The molecule has 1 spiro atoms. The Balaban J connectivity index is 1.23. The molecule has 7 heterocycles. The predicted molar refractivity (Wildman–Crippen MR) is 145 cm³/mol. The Kier molecular flexibility index (Phi) is 6.81. The van der Waals surface area contributed by atoms with Crippen LogP contribution in [0.1, 0.15) is 57.3 Å². The number of benzene rings is 1. The van der Waals surface area contributed by atoms with Crippen LogP contribution in [-0.4, -0.2) is 72.9 Å². The second-order valence-electron chi connectivity index (χ2n) is 11.2. The van der Waals surface area contributed by atoms with Crippen LogP contribution < -0.4 is 4.74 Å². The van der Waals surface area contributed by atoms with Gasteiger partial charge in [0, 0.05) is 17.4 Å². The quantitative estimate of drug-likeness (QED) is 0.280. The molecule has 0 amide bonds. The van der Waals surface area contributed by atoms with E-state index >= 15 is 0 Å². The van der Waals surface area contributed by atoms with Gasteiger partial charge in [0.15, 0.2) is 12.4 Å². The fourth-order valence-corrected chi connectivity index (χ4v) is 8.18. The minimum absolute atomic E-state index is 0.0657. The highest BCUT2D eigenvalue weighted by molar-refractivity contribution is 14.1. The van der Waals surface area contributed by atoms with Gasteiger partial charge in [-0.3, -0.25) is 0 Å². The second kappa shape index (κ2) is 9.80. The van der Waals surface area contributed by atoms with Gasteiger partial charge in [-0.1, -0.05) is 25.6 Å². The number of halogens is 2. The zero-order valence-corrected chi connectivity index (χ0v) is 24.5.